The van der Waals surface area contributed by atoms with E-state index in [0.29, 0.717) is 0 Å². The van der Waals surface area contributed by atoms with E-state index >= 15 is 0 Å². The first-order valence-electron chi connectivity index (χ1n) is 4.50. The highest BCUT2D eigenvalue weighted by Gasteiger charge is 2.35. The minimum absolute atomic E-state index is 0.162. The van der Waals surface area contributed by atoms with E-state index in [2.05, 4.69) is 9.47 Å². The van der Waals surface area contributed by atoms with Gasteiger partial charge in [-0.05, 0) is 13.8 Å². The third kappa shape index (κ3) is 5.59. The molecule has 0 aromatic heterocycles. The molecule has 0 saturated heterocycles. The van der Waals surface area contributed by atoms with Crippen molar-refractivity contribution in [2.75, 3.05) is 6.61 Å². The van der Waals surface area contributed by atoms with Gasteiger partial charge < -0.3 is 14.6 Å². The molecule has 0 spiro atoms. The maximum absolute atomic E-state index is 11.2. The summed E-state index contributed by atoms with van der Waals surface area (Å²) < 4.78 is 9.20. The predicted molar refractivity (Wildman–Crippen MR) is 53.3 cm³/mol. The highest BCUT2D eigenvalue weighted by atomic mass is 35.5. The first-order chi connectivity index (χ1) is 6.79. The highest BCUT2D eigenvalue weighted by Crippen LogP contribution is 2.18. The number of alkyl halides is 1. The molecule has 0 bridgehead atoms. The van der Waals surface area contributed by atoms with Gasteiger partial charge in [-0.25, -0.2) is 4.79 Å². The van der Waals surface area contributed by atoms with Crippen molar-refractivity contribution >= 4 is 23.5 Å². The van der Waals surface area contributed by atoms with Gasteiger partial charge in [0.1, 0.15) is 0 Å². The summed E-state index contributed by atoms with van der Waals surface area (Å²) in [6.07, 6.45) is -0.215. The van der Waals surface area contributed by atoms with E-state index in [9.17, 15) is 14.7 Å². The average Bonchev–Trinajstić information content (AvgIpc) is 2.01. The summed E-state index contributed by atoms with van der Waals surface area (Å²) in [4.78, 5) is 21.7. The molecule has 2 unspecified atom stereocenters. The van der Waals surface area contributed by atoms with E-state index in [-0.39, 0.29) is 13.0 Å². The number of halogens is 1. The van der Waals surface area contributed by atoms with Crippen LogP contribution in [0.3, 0.4) is 0 Å². The van der Waals surface area contributed by atoms with Crippen molar-refractivity contribution in [1.29, 1.82) is 0 Å². The van der Waals surface area contributed by atoms with Gasteiger partial charge >= 0.3 is 11.9 Å². The second-order valence-corrected chi connectivity index (χ2v) is 3.70. The number of aliphatic hydroxyl groups is 1. The SMILES string of the molecule is CCOC(=O)C(C)(O)CC(Cl)OC(C)=O. The Balaban J connectivity index is 4.23. The van der Waals surface area contributed by atoms with Crippen LogP contribution in [0.4, 0.5) is 0 Å². The van der Waals surface area contributed by atoms with Crippen molar-refractivity contribution in [3.8, 4) is 0 Å². The molecule has 0 radical (unpaired) electrons. The Morgan fingerprint density at radius 3 is 2.47 bits per heavy atom. The fraction of sp³-hybridized carbons (Fsp3) is 0.778. The van der Waals surface area contributed by atoms with Gasteiger partial charge in [0, 0.05) is 13.3 Å². The largest absolute Gasteiger partial charge is 0.464 e. The van der Waals surface area contributed by atoms with E-state index in [1.807, 2.05) is 0 Å². The number of carbonyl (C=O) groups excluding carboxylic acids is 2. The van der Waals surface area contributed by atoms with Crippen LogP contribution in [0.5, 0.6) is 0 Å². The lowest BCUT2D eigenvalue weighted by Crippen LogP contribution is -2.39. The number of hydrogen-bond acceptors (Lipinski definition) is 5. The predicted octanol–water partition coefficient (Wildman–Crippen LogP) is 0.819. The molecule has 6 heteroatoms. The molecule has 15 heavy (non-hydrogen) atoms. The van der Waals surface area contributed by atoms with Gasteiger partial charge in [-0.2, -0.15) is 0 Å². The molecule has 1 N–H and O–H groups in total. The Labute approximate surface area is 93.3 Å². The topological polar surface area (TPSA) is 72.8 Å². The zero-order chi connectivity index (χ0) is 12.1. The van der Waals surface area contributed by atoms with E-state index in [0.717, 1.165) is 0 Å². The van der Waals surface area contributed by atoms with Gasteiger partial charge in [-0.3, -0.25) is 4.79 Å². The molecule has 0 aliphatic carbocycles. The third-order valence-corrected chi connectivity index (χ3v) is 1.81. The van der Waals surface area contributed by atoms with Crippen LogP contribution in [-0.4, -0.2) is 34.8 Å². The van der Waals surface area contributed by atoms with Crippen LogP contribution < -0.4 is 0 Å². The molecule has 0 fully saturated rings. The monoisotopic (exact) mass is 238 g/mol. The first-order valence-corrected chi connectivity index (χ1v) is 4.94. The summed E-state index contributed by atoms with van der Waals surface area (Å²) >= 11 is 5.59. The van der Waals surface area contributed by atoms with E-state index in [1.54, 1.807) is 6.92 Å². The number of hydrogen-bond donors (Lipinski definition) is 1. The summed E-state index contributed by atoms with van der Waals surface area (Å²) in [5, 5.41) is 9.65. The average molecular weight is 239 g/mol. The molecule has 0 aromatic carbocycles. The number of esters is 2. The maximum atomic E-state index is 11.2. The second kappa shape index (κ2) is 5.92. The third-order valence-electron chi connectivity index (χ3n) is 1.57. The highest BCUT2D eigenvalue weighted by molar-refractivity contribution is 6.20. The molecule has 0 heterocycles. The molecule has 0 amide bonds. The van der Waals surface area contributed by atoms with Crippen LogP contribution in [0.25, 0.3) is 0 Å². The molecule has 0 aromatic rings. The summed E-state index contributed by atoms with van der Waals surface area (Å²) in [6, 6.07) is 0. The van der Waals surface area contributed by atoms with Gasteiger partial charge in [-0.1, -0.05) is 11.6 Å². The van der Waals surface area contributed by atoms with E-state index in [4.69, 9.17) is 11.6 Å². The lowest BCUT2D eigenvalue weighted by Gasteiger charge is -2.22. The lowest BCUT2D eigenvalue weighted by molar-refractivity contribution is -0.167. The smallest absolute Gasteiger partial charge is 0.338 e. The molecule has 0 saturated carbocycles. The standard InChI is InChI=1S/C9H15ClO5/c1-4-14-8(12)9(3,13)5-7(10)15-6(2)11/h7,13H,4-5H2,1-3H3. The van der Waals surface area contributed by atoms with Crippen LogP contribution in [0.1, 0.15) is 27.2 Å². The van der Waals surface area contributed by atoms with Crippen LogP contribution in [0.2, 0.25) is 0 Å². The summed E-state index contributed by atoms with van der Waals surface area (Å²) in [5.74, 6) is -1.36. The van der Waals surface area contributed by atoms with Crippen molar-refractivity contribution in [3.05, 3.63) is 0 Å². The molecule has 2 atom stereocenters. The first kappa shape index (κ1) is 14.2. The normalized spacial score (nSPS) is 16.3. The van der Waals surface area contributed by atoms with Gasteiger partial charge in [-0.15, -0.1) is 0 Å². The number of rotatable bonds is 5. The van der Waals surface area contributed by atoms with E-state index < -0.39 is 23.1 Å². The van der Waals surface area contributed by atoms with Gasteiger partial charge in [0.2, 0.25) is 0 Å². The van der Waals surface area contributed by atoms with Gasteiger partial charge in [0.15, 0.2) is 11.2 Å². The zero-order valence-corrected chi connectivity index (χ0v) is 9.71. The molecular formula is C9H15ClO5. The van der Waals surface area contributed by atoms with Crippen LogP contribution in [0.15, 0.2) is 0 Å². The van der Waals surface area contributed by atoms with Crippen molar-refractivity contribution in [2.45, 2.75) is 38.4 Å². The minimum atomic E-state index is -1.75. The Hall–Kier alpha value is -0.810. The molecule has 0 rings (SSSR count). The van der Waals surface area contributed by atoms with Crippen molar-refractivity contribution in [2.24, 2.45) is 0 Å². The maximum Gasteiger partial charge on any atom is 0.338 e. The molecule has 5 nitrogen and oxygen atoms in total. The number of carbonyl (C=O) groups is 2. The van der Waals surface area contributed by atoms with Crippen molar-refractivity contribution < 1.29 is 24.2 Å². The zero-order valence-electron chi connectivity index (χ0n) is 8.95. The van der Waals surface area contributed by atoms with Crippen molar-refractivity contribution in [1.82, 2.24) is 0 Å². The molecule has 0 aliphatic heterocycles. The second-order valence-electron chi connectivity index (χ2n) is 3.22. The Bertz CT molecular complexity index is 239. The Morgan fingerprint density at radius 1 is 1.53 bits per heavy atom. The molecule has 0 aliphatic rings. The Kier molecular flexibility index (Phi) is 5.60. The quantitative estimate of drug-likeness (QED) is 0.567. The fourth-order valence-corrected chi connectivity index (χ4v) is 1.33. The lowest BCUT2D eigenvalue weighted by atomic mass is 10.0. The summed E-state index contributed by atoms with van der Waals surface area (Å²) in [5.41, 5.74) is -2.81. The van der Waals surface area contributed by atoms with Crippen LogP contribution in [0, 0.1) is 0 Å². The number of ether oxygens (including phenoxy) is 2. The van der Waals surface area contributed by atoms with Crippen molar-refractivity contribution in [3.63, 3.8) is 0 Å². The van der Waals surface area contributed by atoms with Gasteiger partial charge in [0.25, 0.3) is 0 Å². The molecular weight excluding hydrogens is 224 g/mol. The minimum Gasteiger partial charge on any atom is -0.464 e. The Morgan fingerprint density at radius 2 is 2.07 bits per heavy atom. The van der Waals surface area contributed by atoms with Gasteiger partial charge in [0.05, 0.1) is 6.61 Å². The molecule has 88 valence electrons. The summed E-state index contributed by atoms with van der Waals surface area (Å²) in [7, 11) is 0. The fourth-order valence-electron chi connectivity index (χ4n) is 0.904. The van der Waals surface area contributed by atoms with Crippen LogP contribution in [-0.2, 0) is 19.1 Å². The van der Waals surface area contributed by atoms with Crippen LogP contribution >= 0.6 is 11.6 Å². The van der Waals surface area contributed by atoms with E-state index in [1.165, 1.54) is 13.8 Å². The summed E-state index contributed by atoms with van der Waals surface area (Å²) in [6.45, 7) is 4.23.